The molecule has 2 rings (SSSR count). The van der Waals surface area contributed by atoms with Gasteiger partial charge in [-0.15, -0.1) is 0 Å². The molecule has 0 aliphatic rings. The van der Waals surface area contributed by atoms with Crippen molar-refractivity contribution in [3.8, 4) is 17.1 Å². The molecule has 5 heteroatoms. The van der Waals surface area contributed by atoms with Crippen LogP contribution in [-0.4, -0.2) is 28.9 Å². The zero-order chi connectivity index (χ0) is 23.7. The molecule has 1 aromatic carbocycles. The molecule has 0 bridgehead atoms. The molecule has 0 fully saturated rings. The van der Waals surface area contributed by atoms with Crippen molar-refractivity contribution in [1.82, 2.24) is 9.97 Å². The topological polar surface area (TPSA) is 35.0 Å². The molecular weight excluding hydrogens is 418 g/mol. The van der Waals surface area contributed by atoms with Crippen LogP contribution in [-0.2, 0) is 6.42 Å². The third-order valence-corrected chi connectivity index (χ3v) is 6.02. The maximum Gasteiger partial charge on any atom is 0.165 e. The summed E-state index contributed by atoms with van der Waals surface area (Å²) in [7, 11) is 0. The first-order chi connectivity index (χ1) is 16.1. The third kappa shape index (κ3) is 11.1. The summed E-state index contributed by atoms with van der Waals surface area (Å²) in [6.45, 7) is 3.95. The van der Waals surface area contributed by atoms with Crippen LogP contribution in [0.2, 0.25) is 0 Å². The van der Waals surface area contributed by atoms with Crippen LogP contribution in [0, 0.1) is 0 Å². The van der Waals surface area contributed by atoms with Crippen molar-refractivity contribution in [3.05, 3.63) is 42.2 Å². The number of nitrogens with zero attached hydrogens (tertiary/aromatic N) is 2. The second-order valence-corrected chi connectivity index (χ2v) is 9.00. The van der Waals surface area contributed by atoms with Crippen molar-refractivity contribution in [3.63, 3.8) is 0 Å². The third-order valence-electron chi connectivity index (χ3n) is 6.02. The SMILES string of the molecule is CCCCCCCCCCCc1cnc(-c2ccc(OCC(F)C(F)CCCC)cc2)nc1. The monoisotopic (exact) mass is 460 g/mol. The minimum Gasteiger partial charge on any atom is -0.490 e. The highest BCUT2D eigenvalue weighted by molar-refractivity contribution is 5.55. The summed E-state index contributed by atoms with van der Waals surface area (Å²) < 4.78 is 33.0. The standard InChI is InChI=1S/C28H42F2N2O/c1-3-5-7-8-9-10-11-12-13-14-23-20-31-28(32-21-23)24-16-18-25(19-17-24)33-22-27(30)26(29)15-6-4-2/h16-21,26-27H,3-15,22H2,1-2H3. The first kappa shape index (κ1) is 27.2. The average molecular weight is 461 g/mol. The number of alkyl halides is 2. The Morgan fingerprint density at radius 3 is 1.91 bits per heavy atom. The van der Waals surface area contributed by atoms with Gasteiger partial charge in [-0.05, 0) is 49.1 Å². The molecule has 1 heterocycles. The Morgan fingerprint density at radius 2 is 1.30 bits per heavy atom. The normalized spacial score (nSPS) is 13.1. The zero-order valence-electron chi connectivity index (χ0n) is 20.6. The van der Waals surface area contributed by atoms with Crippen LogP contribution in [0.25, 0.3) is 11.4 Å². The van der Waals surface area contributed by atoms with Gasteiger partial charge < -0.3 is 4.74 Å². The lowest BCUT2D eigenvalue weighted by atomic mass is 10.1. The van der Waals surface area contributed by atoms with E-state index in [1.165, 1.54) is 63.4 Å². The summed E-state index contributed by atoms with van der Waals surface area (Å²) >= 11 is 0. The quantitative estimate of drug-likeness (QED) is 0.209. The van der Waals surface area contributed by atoms with Gasteiger partial charge in [0.15, 0.2) is 12.0 Å². The highest BCUT2D eigenvalue weighted by atomic mass is 19.2. The number of hydrogen-bond acceptors (Lipinski definition) is 3. The molecule has 0 spiro atoms. The number of ether oxygens (including phenoxy) is 1. The van der Waals surface area contributed by atoms with Gasteiger partial charge >= 0.3 is 0 Å². The summed E-state index contributed by atoms with van der Waals surface area (Å²) in [4.78, 5) is 9.00. The summed E-state index contributed by atoms with van der Waals surface area (Å²) in [5.74, 6) is 1.18. The van der Waals surface area contributed by atoms with Gasteiger partial charge in [-0.2, -0.15) is 0 Å². The van der Waals surface area contributed by atoms with Crippen molar-refractivity contribution < 1.29 is 13.5 Å². The van der Waals surface area contributed by atoms with Gasteiger partial charge in [-0.25, -0.2) is 18.7 Å². The molecule has 1 aromatic heterocycles. The van der Waals surface area contributed by atoms with E-state index in [-0.39, 0.29) is 13.0 Å². The van der Waals surface area contributed by atoms with E-state index in [4.69, 9.17) is 4.74 Å². The van der Waals surface area contributed by atoms with E-state index in [1.807, 2.05) is 31.5 Å². The van der Waals surface area contributed by atoms with E-state index in [2.05, 4.69) is 16.9 Å². The Labute approximate surface area is 199 Å². The molecule has 0 aliphatic carbocycles. The van der Waals surface area contributed by atoms with Gasteiger partial charge in [0.2, 0.25) is 0 Å². The van der Waals surface area contributed by atoms with Crippen LogP contribution in [0.4, 0.5) is 8.78 Å². The second kappa shape index (κ2) is 16.6. The molecule has 3 nitrogen and oxygen atoms in total. The fourth-order valence-corrected chi connectivity index (χ4v) is 3.83. The van der Waals surface area contributed by atoms with Gasteiger partial charge in [0, 0.05) is 18.0 Å². The minimum absolute atomic E-state index is 0.242. The largest absolute Gasteiger partial charge is 0.490 e. The van der Waals surface area contributed by atoms with E-state index in [1.54, 1.807) is 12.1 Å². The van der Waals surface area contributed by atoms with Crippen molar-refractivity contribution >= 4 is 0 Å². The van der Waals surface area contributed by atoms with Crippen molar-refractivity contribution in [2.75, 3.05) is 6.61 Å². The summed E-state index contributed by atoms with van der Waals surface area (Å²) in [6, 6.07) is 7.20. The Morgan fingerprint density at radius 1 is 0.727 bits per heavy atom. The average Bonchev–Trinajstić information content (AvgIpc) is 2.85. The summed E-state index contributed by atoms with van der Waals surface area (Å²) in [5, 5.41) is 0. The van der Waals surface area contributed by atoms with Gasteiger partial charge in [0.05, 0.1) is 0 Å². The Balaban J connectivity index is 1.68. The second-order valence-electron chi connectivity index (χ2n) is 9.00. The molecule has 33 heavy (non-hydrogen) atoms. The van der Waals surface area contributed by atoms with Crippen molar-refractivity contribution in [2.24, 2.45) is 0 Å². The van der Waals surface area contributed by atoms with Gasteiger partial charge in [-0.1, -0.05) is 78.1 Å². The molecule has 184 valence electrons. The Kier molecular flexibility index (Phi) is 13.6. The zero-order valence-corrected chi connectivity index (χ0v) is 20.6. The van der Waals surface area contributed by atoms with Crippen molar-refractivity contribution in [2.45, 2.75) is 110 Å². The van der Waals surface area contributed by atoms with Crippen molar-refractivity contribution in [1.29, 1.82) is 0 Å². The lowest BCUT2D eigenvalue weighted by molar-refractivity contribution is 0.102. The molecule has 2 atom stereocenters. The highest BCUT2D eigenvalue weighted by Crippen LogP contribution is 2.21. The van der Waals surface area contributed by atoms with E-state index >= 15 is 0 Å². The van der Waals surface area contributed by atoms with Crippen LogP contribution in [0.1, 0.15) is 96.5 Å². The number of hydrogen-bond donors (Lipinski definition) is 0. The van der Waals surface area contributed by atoms with E-state index in [0.717, 1.165) is 18.4 Å². The van der Waals surface area contributed by atoms with Crippen LogP contribution in [0.5, 0.6) is 5.75 Å². The first-order valence-corrected chi connectivity index (χ1v) is 13.0. The molecule has 0 N–H and O–H groups in total. The molecule has 2 unspecified atom stereocenters. The van der Waals surface area contributed by atoms with E-state index in [0.29, 0.717) is 18.0 Å². The summed E-state index contributed by atoms with van der Waals surface area (Å²) in [6.07, 6.45) is 15.5. The molecule has 0 radical (unpaired) electrons. The maximum atomic E-state index is 13.9. The summed E-state index contributed by atoms with van der Waals surface area (Å²) in [5.41, 5.74) is 2.04. The first-order valence-electron chi connectivity index (χ1n) is 13.0. The van der Waals surface area contributed by atoms with Crippen LogP contribution in [0.15, 0.2) is 36.7 Å². The van der Waals surface area contributed by atoms with Gasteiger partial charge in [0.25, 0.3) is 0 Å². The lowest BCUT2D eigenvalue weighted by Crippen LogP contribution is -2.24. The van der Waals surface area contributed by atoms with Gasteiger partial charge in [0.1, 0.15) is 18.5 Å². The minimum atomic E-state index is -1.60. The molecule has 0 amide bonds. The van der Waals surface area contributed by atoms with Gasteiger partial charge in [-0.3, -0.25) is 0 Å². The lowest BCUT2D eigenvalue weighted by Gasteiger charge is -2.14. The fourth-order valence-electron chi connectivity index (χ4n) is 3.83. The number of rotatable bonds is 18. The molecule has 2 aromatic rings. The number of aryl methyl sites for hydroxylation is 1. The van der Waals surface area contributed by atoms with Crippen LogP contribution in [0.3, 0.4) is 0 Å². The number of halogens is 2. The number of unbranched alkanes of at least 4 members (excludes halogenated alkanes) is 9. The predicted octanol–water partition coefficient (Wildman–Crippen LogP) is 8.46. The number of aromatic nitrogens is 2. The highest BCUT2D eigenvalue weighted by Gasteiger charge is 2.20. The Bertz CT molecular complexity index is 737. The maximum absolute atomic E-state index is 13.9. The van der Waals surface area contributed by atoms with E-state index < -0.39 is 12.3 Å². The number of benzene rings is 1. The predicted molar refractivity (Wildman–Crippen MR) is 133 cm³/mol. The van der Waals surface area contributed by atoms with Crippen LogP contribution < -0.4 is 4.74 Å². The molecular formula is C28H42F2N2O. The Hall–Kier alpha value is -2.04. The smallest absolute Gasteiger partial charge is 0.165 e. The van der Waals surface area contributed by atoms with Crippen LogP contribution >= 0.6 is 0 Å². The molecule has 0 saturated carbocycles. The fraction of sp³-hybridized carbons (Fsp3) is 0.643. The van der Waals surface area contributed by atoms with E-state index in [9.17, 15) is 8.78 Å². The molecule has 0 aliphatic heterocycles. The molecule has 0 saturated heterocycles.